The summed E-state index contributed by atoms with van der Waals surface area (Å²) in [5, 5.41) is 4.09. The molecule has 0 aliphatic rings. The van der Waals surface area contributed by atoms with Gasteiger partial charge in [-0.3, -0.25) is 4.79 Å². The molecule has 0 saturated heterocycles. The largest absolute Gasteiger partial charge is 0.277 e. The van der Waals surface area contributed by atoms with E-state index in [2.05, 4.69) is 23.5 Å². The zero-order valence-electron chi connectivity index (χ0n) is 13.6. The predicted octanol–water partition coefficient (Wildman–Crippen LogP) is 3.11. The number of nitrogens with zero attached hydrogens (tertiary/aromatic N) is 2. The molecule has 2 rings (SSSR count). The van der Waals surface area contributed by atoms with Crippen LogP contribution in [-0.2, 0) is 7.05 Å². The molecule has 0 fully saturated rings. The maximum absolute atomic E-state index is 12.0. The molecule has 4 heteroatoms. The summed E-state index contributed by atoms with van der Waals surface area (Å²) in [5.74, 6) is -0.215. The van der Waals surface area contributed by atoms with Crippen LogP contribution < -0.4 is 9.99 Å². The van der Waals surface area contributed by atoms with Crippen LogP contribution in [0.25, 0.3) is 6.08 Å². The predicted molar refractivity (Wildman–Crippen MR) is 92.9 cm³/mol. The number of allylic oxidation sites excluding steroid dienone is 1. The summed E-state index contributed by atoms with van der Waals surface area (Å²) in [5.41, 5.74) is 5.37. The van der Waals surface area contributed by atoms with Gasteiger partial charge in [0, 0.05) is 6.07 Å². The van der Waals surface area contributed by atoms with Crippen molar-refractivity contribution in [3.05, 3.63) is 71.6 Å². The molecule has 1 aromatic heterocycles. The Kier molecular flexibility index (Phi) is 6.24. The molecule has 1 N–H and O–H groups in total. The minimum Gasteiger partial charge on any atom is -0.267 e. The first-order chi connectivity index (χ1) is 11.2. The molecule has 23 heavy (non-hydrogen) atoms. The van der Waals surface area contributed by atoms with Crippen molar-refractivity contribution in [2.24, 2.45) is 12.1 Å². The maximum Gasteiger partial charge on any atom is 0.277 e. The highest BCUT2D eigenvalue weighted by Crippen LogP contribution is 2.09. The Balaban J connectivity index is 2.04. The molecule has 118 valence electrons. The number of nitrogens with one attached hydrogen (secondary N) is 1. The van der Waals surface area contributed by atoms with Gasteiger partial charge in [-0.05, 0) is 23.6 Å². The number of hydrogen-bond donors (Lipinski definition) is 1. The van der Waals surface area contributed by atoms with Gasteiger partial charge in [-0.2, -0.15) is 5.10 Å². The lowest BCUT2D eigenvalue weighted by molar-refractivity contribution is -0.671. The zero-order chi connectivity index (χ0) is 16.5. The minimum atomic E-state index is -0.215. The first kappa shape index (κ1) is 16.6. The van der Waals surface area contributed by atoms with Crippen molar-refractivity contribution >= 4 is 18.2 Å². The lowest BCUT2D eigenvalue weighted by atomic mass is 10.1. The van der Waals surface area contributed by atoms with Gasteiger partial charge in [0.1, 0.15) is 12.6 Å². The Morgan fingerprint density at radius 3 is 2.70 bits per heavy atom. The van der Waals surface area contributed by atoms with Crippen LogP contribution in [0.2, 0.25) is 0 Å². The van der Waals surface area contributed by atoms with Crippen molar-refractivity contribution in [1.29, 1.82) is 0 Å². The van der Waals surface area contributed by atoms with E-state index in [9.17, 15) is 4.79 Å². The standard InChI is InChI=1S/C19H21N3O/c1-3-8-17(13-16-9-5-4-6-10-16)14-20-21-19(23)18-11-7-12-22(2)15-18/h4-7,9-15H,3,8H2,1-2H3/p+1. The van der Waals surface area contributed by atoms with Gasteiger partial charge in [-0.25, -0.2) is 9.99 Å². The van der Waals surface area contributed by atoms with E-state index in [0.717, 1.165) is 24.0 Å². The zero-order valence-corrected chi connectivity index (χ0v) is 13.6. The second kappa shape index (κ2) is 8.63. The SMILES string of the molecule is CCCC(C=NNC(=O)c1ccc[n+](C)c1)=Cc1ccccc1. The molecular formula is C19H22N3O+. The van der Waals surface area contributed by atoms with E-state index in [1.807, 2.05) is 54.2 Å². The molecular weight excluding hydrogens is 286 g/mol. The Labute approximate surface area is 137 Å². The summed E-state index contributed by atoms with van der Waals surface area (Å²) in [6.45, 7) is 2.12. The van der Waals surface area contributed by atoms with Crippen molar-refractivity contribution < 1.29 is 9.36 Å². The van der Waals surface area contributed by atoms with Crippen molar-refractivity contribution in [2.45, 2.75) is 19.8 Å². The number of carbonyl (C=O) groups is 1. The van der Waals surface area contributed by atoms with Gasteiger partial charge in [0.2, 0.25) is 0 Å². The Morgan fingerprint density at radius 1 is 1.22 bits per heavy atom. The molecule has 0 aliphatic heterocycles. The summed E-state index contributed by atoms with van der Waals surface area (Å²) in [6, 6.07) is 13.7. The monoisotopic (exact) mass is 308 g/mol. The molecule has 0 radical (unpaired) electrons. The van der Waals surface area contributed by atoms with E-state index in [4.69, 9.17) is 0 Å². The van der Waals surface area contributed by atoms with E-state index in [1.54, 1.807) is 18.5 Å². The van der Waals surface area contributed by atoms with Crippen LogP contribution in [0.1, 0.15) is 35.7 Å². The molecule has 0 aliphatic carbocycles. The highest BCUT2D eigenvalue weighted by molar-refractivity contribution is 5.94. The smallest absolute Gasteiger partial charge is 0.267 e. The number of hydrogen-bond acceptors (Lipinski definition) is 2. The first-order valence-electron chi connectivity index (χ1n) is 7.73. The average molecular weight is 308 g/mol. The molecule has 1 aromatic carbocycles. The van der Waals surface area contributed by atoms with Crippen LogP contribution in [0.5, 0.6) is 0 Å². The third-order valence-electron chi connectivity index (χ3n) is 3.29. The Hall–Kier alpha value is -2.75. The van der Waals surface area contributed by atoms with E-state index in [1.165, 1.54) is 0 Å². The van der Waals surface area contributed by atoms with Gasteiger partial charge < -0.3 is 0 Å². The molecule has 0 atom stereocenters. The van der Waals surface area contributed by atoms with Crippen LogP contribution in [0.3, 0.4) is 0 Å². The summed E-state index contributed by atoms with van der Waals surface area (Å²) in [4.78, 5) is 12.0. The fourth-order valence-electron chi connectivity index (χ4n) is 2.19. The Morgan fingerprint density at radius 2 is 2.00 bits per heavy atom. The number of aryl methyl sites for hydroxylation is 1. The third kappa shape index (κ3) is 5.51. The number of aromatic nitrogens is 1. The maximum atomic E-state index is 12.0. The molecule has 0 bridgehead atoms. The number of rotatable bonds is 6. The normalized spacial score (nSPS) is 11.7. The van der Waals surface area contributed by atoms with Crippen LogP contribution in [-0.4, -0.2) is 12.1 Å². The Bertz CT molecular complexity index is 706. The van der Waals surface area contributed by atoms with Crippen LogP contribution in [0, 0.1) is 0 Å². The highest BCUT2D eigenvalue weighted by Gasteiger charge is 2.07. The van der Waals surface area contributed by atoms with Gasteiger partial charge in [-0.15, -0.1) is 0 Å². The van der Waals surface area contributed by atoms with E-state index >= 15 is 0 Å². The van der Waals surface area contributed by atoms with Gasteiger partial charge in [0.05, 0.1) is 6.21 Å². The molecule has 1 heterocycles. The average Bonchev–Trinajstić information content (AvgIpc) is 2.56. The van der Waals surface area contributed by atoms with Crippen molar-refractivity contribution in [2.75, 3.05) is 0 Å². The fraction of sp³-hybridized carbons (Fsp3) is 0.211. The van der Waals surface area contributed by atoms with Crippen LogP contribution in [0.4, 0.5) is 0 Å². The van der Waals surface area contributed by atoms with Crippen LogP contribution >= 0.6 is 0 Å². The second-order valence-electron chi connectivity index (χ2n) is 5.34. The fourth-order valence-corrected chi connectivity index (χ4v) is 2.19. The van der Waals surface area contributed by atoms with Crippen molar-refractivity contribution in [3.63, 3.8) is 0 Å². The number of amides is 1. The summed E-state index contributed by atoms with van der Waals surface area (Å²) in [7, 11) is 1.88. The van der Waals surface area contributed by atoms with Gasteiger partial charge >= 0.3 is 0 Å². The highest BCUT2D eigenvalue weighted by atomic mass is 16.2. The number of pyridine rings is 1. The quantitative estimate of drug-likeness (QED) is 0.497. The molecule has 0 saturated carbocycles. The van der Waals surface area contributed by atoms with E-state index in [0.29, 0.717) is 5.56 Å². The molecule has 4 nitrogen and oxygen atoms in total. The van der Waals surface area contributed by atoms with E-state index in [-0.39, 0.29) is 5.91 Å². The summed E-state index contributed by atoms with van der Waals surface area (Å²) < 4.78 is 1.83. The summed E-state index contributed by atoms with van der Waals surface area (Å²) in [6.07, 6.45) is 9.38. The van der Waals surface area contributed by atoms with E-state index < -0.39 is 0 Å². The lowest BCUT2D eigenvalue weighted by Crippen LogP contribution is -2.29. The molecule has 0 spiro atoms. The van der Waals surface area contributed by atoms with Crippen molar-refractivity contribution in [1.82, 2.24) is 5.43 Å². The molecule has 0 unspecified atom stereocenters. The number of benzene rings is 1. The number of hydrazone groups is 1. The molecule has 1 amide bonds. The van der Waals surface area contributed by atoms with Gasteiger partial charge in [0.15, 0.2) is 12.4 Å². The lowest BCUT2D eigenvalue weighted by Gasteiger charge is -2.01. The summed E-state index contributed by atoms with van der Waals surface area (Å²) >= 11 is 0. The van der Waals surface area contributed by atoms with Gasteiger partial charge in [0.25, 0.3) is 5.91 Å². The van der Waals surface area contributed by atoms with Crippen LogP contribution in [0.15, 0.2) is 65.5 Å². The topological polar surface area (TPSA) is 45.3 Å². The minimum absolute atomic E-state index is 0.215. The number of carbonyl (C=O) groups excluding carboxylic acids is 1. The third-order valence-corrected chi connectivity index (χ3v) is 3.29. The van der Waals surface area contributed by atoms with Crippen molar-refractivity contribution in [3.8, 4) is 0 Å². The molecule has 2 aromatic rings. The van der Waals surface area contributed by atoms with Gasteiger partial charge in [-0.1, -0.05) is 49.8 Å². The second-order valence-corrected chi connectivity index (χ2v) is 5.34. The first-order valence-corrected chi connectivity index (χ1v) is 7.73.